The lowest BCUT2D eigenvalue weighted by Gasteiger charge is -2.11. The van der Waals surface area contributed by atoms with Gasteiger partial charge in [-0.2, -0.15) is 0 Å². The molecule has 6 rings (SSSR count). The molecule has 0 aliphatic rings. The van der Waals surface area contributed by atoms with Gasteiger partial charge in [-0.3, -0.25) is 9.97 Å². The number of rotatable bonds is 0. The predicted octanol–water partition coefficient (Wildman–Crippen LogP) is 5.64. The summed E-state index contributed by atoms with van der Waals surface area (Å²) >= 11 is 0. The van der Waals surface area contributed by atoms with Gasteiger partial charge in [-0.05, 0) is 28.3 Å². The number of fused-ring (bicyclic) bond motifs is 9. The predicted molar refractivity (Wildman–Crippen MR) is 107 cm³/mol. The van der Waals surface area contributed by atoms with Crippen molar-refractivity contribution in [1.29, 1.82) is 0 Å². The molecule has 26 heavy (non-hydrogen) atoms. The smallest absolute Gasteiger partial charge is 0.116 e. The number of pyridine rings is 1. The highest BCUT2D eigenvalue weighted by atomic mass is 14.8. The lowest BCUT2D eigenvalue weighted by Crippen LogP contribution is -1.92. The summed E-state index contributed by atoms with van der Waals surface area (Å²) in [6.45, 7) is 0. The standard InChI is InChI=1S/C23H13N3/c1-3-7-16-14(5-1)9-10-17-18-13-15-6-2-4-8-19(15)26-21(18)23-22(20(16)17)24-11-12-25-23/h1-13H. The fourth-order valence-electron chi connectivity index (χ4n) is 3.95. The molecule has 0 radical (unpaired) electrons. The van der Waals surface area contributed by atoms with E-state index in [9.17, 15) is 0 Å². The summed E-state index contributed by atoms with van der Waals surface area (Å²) in [6.07, 6.45) is 3.51. The van der Waals surface area contributed by atoms with E-state index in [0.29, 0.717) is 0 Å². The molecule has 0 spiro atoms. The maximum absolute atomic E-state index is 4.93. The minimum atomic E-state index is 0.858. The minimum absolute atomic E-state index is 0.858. The van der Waals surface area contributed by atoms with E-state index in [0.717, 1.165) is 38.2 Å². The number of aromatic nitrogens is 3. The van der Waals surface area contributed by atoms with Crippen LogP contribution in [0.3, 0.4) is 0 Å². The Hall–Kier alpha value is -3.59. The summed E-state index contributed by atoms with van der Waals surface area (Å²) in [5, 5.41) is 6.99. The van der Waals surface area contributed by atoms with Gasteiger partial charge in [0.05, 0.1) is 16.6 Å². The molecule has 0 fully saturated rings. The molecule has 0 aliphatic carbocycles. The Bertz CT molecular complexity index is 1470. The number of hydrogen-bond donors (Lipinski definition) is 0. The van der Waals surface area contributed by atoms with Crippen LogP contribution in [0.25, 0.3) is 54.4 Å². The first-order valence-electron chi connectivity index (χ1n) is 8.64. The third-order valence-electron chi connectivity index (χ3n) is 5.10. The Morgan fingerprint density at radius 3 is 2.23 bits per heavy atom. The largest absolute Gasteiger partial charge is 0.252 e. The molecule has 6 aromatic rings. The van der Waals surface area contributed by atoms with E-state index >= 15 is 0 Å². The summed E-state index contributed by atoms with van der Waals surface area (Å²) in [6, 6.07) is 23.2. The molecule has 4 aromatic carbocycles. The molecule has 0 saturated carbocycles. The second-order valence-electron chi connectivity index (χ2n) is 6.54. The highest BCUT2D eigenvalue weighted by Gasteiger charge is 2.14. The maximum atomic E-state index is 4.93. The molecule has 0 saturated heterocycles. The van der Waals surface area contributed by atoms with Crippen LogP contribution in [0.2, 0.25) is 0 Å². The first-order valence-corrected chi connectivity index (χ1v) is 8.64. The van der Waals surface area contributed by atoms with Crippen molar-refractivity contribution in [2.75, 3.05) is 0 Å². The second kappa shape index (κ2) is 4.96. The molecular weight excluding hydrogens is 318 g/mol. The molecular formula is C23H13N3. The zero-order valence-corrected chi connectivity index (χ0v) is 13.8. The molecule has 0 atom stereocenters. The van der Waals surface area contributed by atoms with Crippen molar-refractivity contribution >= 4 is 54.4 Å². The van der Waals surface area contributed by atoms with Gasteiger partial charge in [0.2, 0.25) is 0 Å². The summed E-state index contributed by atoms with van der Waals surface area (Å²) in [5.74, 6) is 0. The molecule has 2 aromatic heterocycles. The van der Waals surface area contributed by atoms with Gasteiger partial charge in [0, 0.05) is 28.6 Å². The quantitative estimate of drug-likeness (QED) is 0.267. The van der Waals surface area contributed by atoms with Gasteiger partial charge in [-0.15, -0.1) is 0 Å². The summed E-state index contributed by atoms with van der Waals surface area (Å²) in [7, 11) is 0. The van der Waals surface area contributed by atoms with Crippen molar-refractivity contribution in [3.05, 3.63) is 79.1 Å². The van der Waals surface area contributed by atoms with Crippen LogP contribution in [-0.2, 0) is 0 Å². The monoisotopic (exact) mass is 331 g/mol. The molecule has 0 amide bonds. The zero-order valence-electron chi connectivity index (χ0n) is 13.8. The van der Waals surface area contributed by atoms with Crippen molar-refractivity contribution in [2.24, 2.45) is 0 Å². The van der Waals surface area contributed by atoms with Gasteiger partial charge in [-0.1, -0.05) is 54.6 Å². The first kappa shape index (κ1) is 13.7. The third-order valence-corrected chi connectivity index (χ3v) is 5.10. The number of hydrogen-bond acceptors (Lipinski definition) is 3. The van der Waals surface area contributed by atoms with E-state index in [1.807, 2.05) is 18.2 Å². The zero-order chi connectivity index (χ0) is 17.1. The summed E-state index contributed by atoms with van der Waals surface area (Å²) in [5.41, 5.74) is 3.66. The fraction of sp³-hybridized carbons (Fsp3) is 0. The van der Waals surface area contributed by atoms with Crippen molar-refractivity contribution in [2.45, 2.75) is 0 Å². The van der Waals surface area contributed by atoms with Crippen LogP contribution in [0.1, 0.15) is 0 Å². The van der Waals surface area contributed by atoms with Crippen molar-refractivity contribution in [3.63, 3.8) is 0 Å². The topological polar surface area (TPSA) is 38.7 Å². The van der Waals surface area contributed by atoms with Crippen LogP contribution in [-0.4, -0.2) is 15.0 Å². The van der Waals surface area contributed by atoms with E-state index in [2.05, 4.69) is 58.5 Å². The number of nitrogens with zero attached hydrogens (tertiary/aromatic N) is 3. The van der Waals surface area contributed by atoms with Gasteiger partial charge in [0.1, 0.15) is 5.52 Å². The third kappa shape index (κ3) is 1.74. The highest BCUT2D eigenvalue weighted by Crippen LogP contribution is 2.37. The first-order chi connectivity index (χ1) is 12.9. The second-order valence-corrected chi connectivity index (χ2v) is 6.54. The molecule has 0 bridgehead atoms. The fourth-order valence-corrected chi connectivity index (χ4v) is 3.95. The van der Waals surface area contributed by atoms with Gasteiger partial charge < -0.3 is 0 Å². The molecule has 3 nitrogen and oxygen atoms in total. The summed E-state index contributed by atoms with van der Waals surface area (Å²) < 4.78 is 0. The van der Waals surface area contributed by atoms with Crippen molar-refractivity contribution in [3.8, 4) is 0 Å². The lowest BCUT2D eigenvalue weighted by molar-refractivity contribution is 1.30. The Kier molecular flexibility index (Phi) is 2.61. The van der Waals surface area contributed by atoms with E-state index in [4.69, 9.17) is 4.98 Å². The number of benzene rings is 4. The van der Waals surface area contributed by atoms with Crippen LogP contribution in [0.5, 0.6) is 0 Å². The van der Waals surface area contributed by atoms with Crippen LogP contribution < -0.4 is 0 Å². The molecule has 3 heteroatoms. The SMILES string of the molecule is c1ccc2nc3c(cc2c1)c1ccc2ccccc2c1c1nccnc31. The number of para-hydroxylation sites is 1. The van der Waals surface area contributed by atoms with Crippen LogP contribution >= 0.6 is 0 Å². The minimum Gasteiger partial charge on any atom is -0.252 e. The van der Waals surface area contributed by atoms with Crippen molar-refractivity contribution < 1.29 is 0 Å². The Morgan fingerprint density at radius 2 is 1.31 bits per heavy atom. The van der Waals surface area contributed by atoms with Gasteiger partial charge >= 0.3 is 0 Å². The molecule has 0 N–H and O–H groups in total. The van der Waals surface area contributed by atoms with E-state index in [1.54, 1.807) is 12.4 Å². The van der Waals surface area contributed by atoms with Crippen LogP contribution in [0.15, 0.2) is 79.1 Å². The van der Waals surface area contributed by atoms with Gasteiger partial charge in [-0.25, -0.2) is 4.98 Å². The normalized spacial score (nSPS) is 11.8. The van der Waals surface area contributed by atoms with Gasteiger partial charge in [0.25, 0.3) is 0 Å². The molecule has 0 aliphatic heterocycles. The Balaban J connectivity index is 2.00. The summed E-state index contributed by atoms with van der Waals surface area (Å²) in [4.78, 5) is 14.3. The highest BCUT2D eigenvalue weighted by molar-refractivity contribution is 6.29. The van der Waals surface area contributed by atoms with Crippen LogP contribution in [0, 0.1) is 0 Å². The van der Waals surface area contributed by atoms with E-state index in [-0.39, 0.29) is 0 Å². The van der Waals surface area contributed by atoms with Crippen molar-refractivity contribution in [1.82, 2.24) is 15.0 Å². The average molecular weight is 331 g/mol. The molecule has 120 valence electrons. The van der Waals surface area contributed by atoms with E-state index in [1.165, 1.54) is 16.2 Å². The Morgan fingerprint density at radius 1 is 0.538 bits per heavy atom. The maximum Gasteiger partial charge on any atom is 0.116 e. The molecule has 2 heterocycles. The molecule has 0 unspecified atom stereocenters. The van der Waals surface area contributed by atoms with Gasteiger partial charge in [0.15, 0.2) is 0 Å². The lowest BCUT2D eigenvalue weighted by atomic mass is 9.96. The average Bonchev–Trinajstić information content (AvgIpc) is 2.72. The van der Waals surface area contributed by atoms with E-state index < -0.39 is 0 Å². The van der Waals surface area contributed by atoms with Crippen LogP contribution in [0.4, 0.5) is 0 Å². The Labute approximate surface area is 148 Å².